The van der Waals surface area contributed by atoms with Crippen LogP contribution in [-0.2, 0) is 71.6 Å². The molecule has 4 amide bonds. The minimum atomic E-state index is -1.09. The van der Waals surface area contributed by atoms with Gasteiger partial charge in [-0.3, -0.25) is 30.0 Å². The van der Waals surface area contributed by atoms with Gasteiger partial charge in [0.2, 0.25) is 23.6 Å². The van der Waals surface area contributed by atoms with E-state index in [9.17, 15) is 28.8 Å². The highest BCUT2D eigenvalue weighted by Gasteiger charge is 2.30. The third-order valence-electron chi connectivity index (χ3n) is 9.57. The first kappa shape index (κ1) is 44.0. The highest BCUT2D eigenvalue weighted by molar-refractivity contribution is 5.91. The molecule has 0 fully saturated rings. The third-order valence-corrected chi connectivity index (χ3v) is 9.57. The normalized spacial score (nSPS) is 13.1. The molecular weight excluding hydrogens is 749 g/mol. The van der Waals surface area contributed by atoms with E-state index in [4.69, 9.17) is 20.9 Å². The first-order chi connectivity index (χ1) is 27.8. The largest absolute Gasteiger partial charge is 0.464 e. The van der Waals surface area contributed by atoms with E-state index in [1.807, 2.05) is 78.1 Å². The number of nitrogens with one attached hydrogen (secondary N) is 4. The molecule has 0 unspecified atom stereocenters. The van der Waals surface area contributed by atoms with Crippen LogP contribution in [-0.4, -0.2) is 95.5 Å². The molecule has 2 heterocycles. The number of hydrazone groups is 2. The lowest BCUT2D eigenvalue weighted by atomic mass is 10.0. The number of primary amides is 2. The highest BCUT2D eigenvalue weighted by atomic mass is 16.5. The lowest BCUT2D eigenvalue weighted by Gasteiger charge is -2.21. The van der Waals surface area contributed by atoms with Crippen LogP contribution in [0.4, 0.5) is 0 Å². The lowest BCUT2D eigenvalue weighted by Crippen LogP contribution is -2.50. The Hall–Kier alpha value is -6.72. The van der Waals surface area contributed by atoms with Gasteiger partial charge in [0.25, 0.3) is 0 Å². The van der Waals surface area contributed by atoms with Crippen LogP contribution in [0.15, 0.2) is 65.1 Å². The summed E-state index contributed by atoms with van der Waals surface area (Å²) in [4.78, 5) is 76.3. The average Bonchev–Trinajstić information content (AvgIpc) is 3.67. The molecule has 0 saturated heterocycles. The number of carbonyl (C=O) groups excluding carboxylic acids is 6. The van der Waals surface area contributed by atoms with Crippen LogP contribution in [0, 0.1) is 0 Å². The second kappa shape index (κ2) is 21.0. The van der Waals surface area contributed by atoms with E-state index in [0.717, 1.165) is 38.5 Å². The summed E-state index contributed by atoms with van der Waals surface area (Å²) in [6, 6.07) is 9.32. The number of para-hydroxylation sites is 1. The number of benzene rings is 2. The Morgan fingerprint density at radius 3 is 1.72 bits per heavy atom. The van der Waals surface area contributed by atoms with Crippen molar-refractivity contribution >= 4 is 70.8 Å². The van der Waals surface area contributed by atoms with Gasteiger partial charge in [0, 0.05) is 93.8 Å². The molecule has 0 aliphatic carbocycles. The molecule has 0 spiro atoms. The minimum absolute atomic E-state index is 0.0233. The standard InChI is InChI=1S/C40H52N10O8/c1-6-57-39(55)31(45-37(53)29(47-43-2)12-15-35(41)51)21-26-23-50(5)34-14-11-24(19-28(26)34)17-18-58-40(56)32(46-38(54)30(48-44-3)13-16-36(42)52)20-25-22-49(4)33-10-8-7-9-27(25)33/h7-11,14,19,22-23,29-32,47-48H,2-3,6,12-13,15-18,20-21H2,1,4-5H3,(H2,41,51)(H2,42,52)(H,45,53)(H,46,54)/t29-,30-,31+,32+/m0/s1. The molecule has 2 aromatic heterocycles. The van der Waals surface area contributed by atoms with Gasteiger partial charge in [0.1, 0.15) is 24.2 Å². The van der Waals surface area contributed by atoms with Crippen molar-refractivity contribution in [1.82, 2.24) is 30.6 Å². The van der Waals surface area contributed by atoms with E-state index in [1.165, 1.54) is 0 Å². The Morgan fingerprint density at radius 1 is 0.707 bits per heavy atom. The van der Waals surface area contributed by atoms with Crippen molar-refractivity contribution in [2.24, 2.45) is 35.8 Å². The molecule has 4 aromatic rings. The van der Waals surface area contributed by atoms with E-state index in [1.54, 1.807) is 6.92 Å². The summed E-state index contributed by atoms with van der Waals surface area (Å²) in [6.45, 7) is 8.45. The number of aromatic nitrogens is 2. The number of fused-ring (bicyclic) bond motifs is 2. The van der Waals surface area contributed by atoms with Gasteiger partial charge in [0.15, 0.2) is 0 Å². The number of amides is 4. The Labute approximate surface area is 335 Å². The van der Waals surface area contributed by atoms with Crippen molar-refractivity contribution in [2.75, 3.05) is 13.2 Å². The number of nitrogens with zero attached hydrogens (tertiary/aromatic N) is 4. The van der Waals surface area contributed by atoms with E-state index < -0.39 is 59.7 Å². The molecule has 18 nitrogen and oxygen atoms in total. The van der Waals surface area contributed by atoms with Crippen molar-refractivity contribution in [1.29, 1.82) is 0 Å². The first-order valence-electron chi connectivity index (χ1n) is 18.8. The summed E-state index contributed by atoms with van der Waals surface area (Å²) in [6.07, 6.45) is 4.17. The quantitative estimate of drug-likeness (QED) is 0.0329. The Morgan fingerprint density at radius 2 is 1.21 bits per heavy atom. The first-order valence-corrected chi connectivity index (χ1v) is 18.8. The summed E-state index contributed by atoms with van der Waals surface area (Å²) in [7, 11) is 3.75. The van der Waals surface area contributed by atoms with Gasteiger partial charge in [-0.05, 0) is 54.7 Å². The molecule has 4 rings (SSSR count). The van der Waals surface area contributed by atoms with Crippen LogP contribution >= 0.6 is 0 Å². The van der Waals surface area contributed by atoms with Gasteiger partial charge in [-0.2, -0.15) is 10.2 Å². The SMILES string of the molecule is C=NN[C@@H](CCC(N)=O)C(=O)N[C@H](Cc1cn(C)c2ccc(CCOC(=O)[C@@H](Cc3cn(C)c4ccccc34)NC(=O)[C@H](CCC(N)=O)NN=C)cc12)C(=O)OCC. The predicted molar refractivity (Wildman–Crippen MR) is 218 cm³/mol. The zero-order chi connectivity index (χ0) is 42.4. The summed E-state index contributed by atoms with van der Waals surface area (Å²) in [5.41, 5.74) is 19.9. The second-order valence-corrected chi connectivity index (χ2v) is 13.8. The number of hydrogen-bond acceptors (Lipinski definition) is 12. The van der Waals surface area contributed by atoms with Crippen molar-refractivity contribution in [3.05, 3.63) is 71.5 Å². The van der Waals surface area contributed by atoms with E-state index >= 15 is 0 Å². The molecule has 0 bridgehead atoms. The second-order valence-electron chi connectivity index (χ2n) is 13.8. The fourth-order valence-corrected chi connectivity index (χ4v) is 6.71. The summed E-state index contributed by atoms with van der Waals surface area (Å²) < 4.78 is 14.9. The van der Waals surface area contributed by atoms with Crippen LogP contribution in [0.1, 0.15) is 49.3 Å². The van der Waals surface area contributed by atoms with E-state index in [0.29, 0.717) is 6.42 Å². The van der Waals surface area contributed by atoms with Crippen LogP contribution in [0.5, 0.6) is 0 Å². The maximum atomic E-state index is 13.7. The number of ether oxygens (including phenoxy) is 2. The zero-order valence-electron chi connectivity index (χ0n) is 33.0. The maximum Gasteiger partial charge on any atom is 0.328 e. The third kappa shape index (κ3) is 11.9. The molecule has 18 heteroatoms. The van der Waals surface area contributed by atoms with Crippen molar-refractivity contribution < 1.29 is 38.2 Å². The molecule has 310 valence electrons. The van der Waals surface area contributed by atoms with Crippen LogP contribution in [0.2, 0.25) is 0 Å². The fourth-order valence-electron chi connectivity index (χ4n) is 6.71. The minimum Gasteiger partial charge on any atom is -0.464 e. The Kier molecular flexibility index (Phi) is 15.9. The molecule has 58 heavy (non-hydrogen) atoms. The van der Waals surface area contributed by atoms with E-state index in [-0.39, 0.29) is 51.7 Å². The number of rotatable bonds is 24. The molecule has 4 atom stereocenters. The van der Waals surface area contributed by atoms with Gasteiger partial charge < -0.3 is 40.7 Å². The molecule has 0 aliphatic rings. The monoisotopic (exact) mass is 800 g/mol. The van der Waals surface area contributed by atoms with Gasteiger partial charge in [-0.15, -0.1) is 0 Å². The van der Waals surface area contributed by atoms with Crippen molar-refractivity contribution in [3.63, 3.8) is 0 Å². The molecular formula is C40H52N10O8. The van der Waals surface area contributed by atoms with Crippen molar-refractivity contribution in [2.45, 2.75) is 76.0 Å². The highest BCUT2D eigenvalue weighted by Crippen LogP contribution is 2.25. The van der Waals surface area contributed by atoms with Gasteiger partial charge in [-0.25, -0.2) is 9.59 Å². The lowest BCUT2D eigenvalue weighted by molar-refractivity contribution is -0.148. The summed E-state index contributed by atoms with van der Waals surface area (Å²) >= 11 is 0. The number of nitrogens with two attached hydrogens (primary N) is 2. The average molecular weight is 801 g/mol. The Bertz CT molecular complexity index is 2140. The molecule has 0 aliphatic heterocycles. The molecule has 0 saturated carbocycles. The topological polar surface area (TPSA) is 256 Å². The van der Waals surface area contributed by atoms with Crippen LogP contribution in [0.25, 0.3) is 21.8 Å². The predicted octanol–water partition coefficient (Wildman–Crippen LogP) is 0.752. The smallest absolute Gasteiger partial charge is 0.328 e. The fraction of sp³-hybridized carbons (Fsp3) is 0.400. The Balaban J connectivity index is 1.52. The van der Waals surface area contributed by atoms with Crippen molar-refractivity contribution in [3.8, 4) is 0 Å². The molecule has 2 aromatic carbocycles. The number of hydrogen-bond donors (Lipinski definition) is 6. The number of carbonyl (C=O) groups is 6. The zero-order valence-corrected chi connectivity index (χ0v) is 33.0. The van der Waals surface area contributed by atoms with E-state index in [2.05, 4.69) is 45.1 Å². The van der Waals surface area contributed by atoms with Crippen LogP contribution < -0.4 is 33.0 Å². The maximum absolute atomic E-state index is 13.7. The molecule has 0 radical (unpaired) electrons. The van der Waals surface area contributed by atoms with Gasteiger partial charge in [0.05, 0.1) is 13.2 Å². The summed E-state index contributed by atoms with van der Waals surface area (Å²) in [5.74, 6) is -3.66. The summed E-state index contributed by atoms with van der Waals surface area (Å²) in [5, 5.41) is 14.4. The number of aryl methyl sites for hydroxylation is 2. The van der Waals surface area contributed by atoms with Gasteiger partial charge >= 0.3 is 11.9 Å². The molecule has 8 N–H and O–H groups in total. The van der Waals surface area contributed by atoms with Crippen LogP contribution in [0.3, 0.4) is 0 Å². The number of esters is 2. The van der Waals surface area contributed by atoms with Gasteiger partial charge in [-0.1, -0.05) is 24.3 Å².